The van der Waals surface area contributed by atoms with Crippen molar-refractivity contribution in [2.24, 2.45) is 0 Å². The van der Waals surface area contributed by atoms with Gasteiger partial charge < -0.3 is 14.5 Å². The highest BCUT2D eigenvalue weighted by atomic mass is 35.5. The molecule has 0 atom stereocenters. The molecule has 3 aromatic carbocycles. The molecule has 0 bridgehead atoms. The zero-order chi connectivity index (χ0) is 23.2. The molecule has 7 nitrogen and oxygen atoms in total. The van der Waals surface area contributed by atoms with E-state index in [0.29, 0.717) is 30.1 Å². The summed E-state index contributed by atoms with van der Waals surface area (Å²) in [4.78, 5) is 13.0. The van der Waals surface area contributed by atoms with Crippen molar-refractivity contribution in [1.82, 2.24) is 4.31 Å². The fourth-order valence-corrected chi connectivity index (χ4v) is 6.14. The topological polar surface area (TPSA) is 88.8 Å². The number of anilines is 1. The third kappa shape index (κ3) is 3.84. The minimum absolute atomic E-state index is 0.0709. The number of sulfonamides is 1. The number of hydrogen-bond donors (Lipinski definition) is 1. The first-order valence-corrected chi connectivity index (χ1v) is 12.3. The summed E-state index contributed by atoms with van der Waals surface area (Å²) in [6.45, 7) is 0.896. The maximum atomic E-state index is 13.1. The maximum Gasteiger partial charge on any atom is 0.255 e. The number of benzene rings is 3. The van der Waals surface area contributed by atoms with Crippen LogP contribution in [0.25, 0.3) is 21.9 Å². The lowest BCUT2D eigenvalue weighted by atomic mass is 10.1. The number of hydrogen-bond acceptors (Lipinski definition) is 5. The third-order valence-corrected chi connectivity index (χ3v) is 8.20. The number of para-hydroxylation sites is 1. The Bertz CT molecular complexity index is 1490. The van der Waals surface area contributed by atoms with Crippen molar-refractivity contribution in [1.29, 1.82) is 0 Å². The van der Waals surface area contributed by atoms with E-state index < -0.39 is 15.9 Å². The van der Waals surface area contributed by atoms with Crippen molar-refractivity contribution in [2.45, 2.75) is 17.7 Å². The van der Waals surface area contributed by atoms with Crippen LogP contribution in [-0.4, -0.2) is 38.8 Å². The van der Waals surface area contributed by atoms with Crippen molar-refractivity contribution in [3.05, 3.63) is 65.2 Å². The molecule has 33 heavy (non-hydrogen) atoms. The van der Waals surface area contributed by atoms with Gasteiger partial charge in [0.05, 0.1) is 17.8 Å². The van der Waals surface area contributed by atoms with Crippen LogP contribution in [0.4, 0.5) is 5.69 Å². The number of carbonyl (C=O) groups is 1. The van der Waals surface area contributed by atoms with Gasteiger partial charge in [0.2, 0.25) is 10.0 Å². The molecular weight excluding hydrogens is 464 g/mol. The molecule has 1 fully saturated rings. The summed E-state index contributed by atoms with van der Waals surface area (Å²) < 4.78 is 38.8. The summed E-state index contributed by atoms with van der Waals surface area (Å²) in [6.07, 6.45) is 1.61. The van der Waals surface area contributed by atoms with Crippen LogP contribution in [-0.2, 0) is 10.0 Å². The summed E-state index contributed by atoms with van der Waals surface area (Å²) in [5.74, 6) is -0.0282. The van der Waals surface area contributed by atoms with Gasteiger partial charge in [-0.3, -0.25) is 4.79 Å². The smallest absolute Gasteiger partial charge is 0.255 e. The third-order valence-electron chi connectivity index (χ3n) is 5.82. The van der Waals surface area contributed by atoms with E-state index in [1.807, 2.05) is 30.3 Å². The van der Waals surface area contributed by atoms with Gasteiger partial charge in [-0.15, -0.1) is 0 Å². The van der Waals surface area contributed by atoms with Gasteiger partial charge in [0.15, 0.2) is 0 Å². The highest BCUT2D eigenvalue weighted by Crippen LogP contribution is 2.37. The predicted molar refractivity (Wildman–Crippen MR) is 128 cm³/mol. The molecule has 1 aliphatic heterocycles. The van der Waals surface area contributed by atoms with E-state index in [0.717, 1.165) is 29.2 Å². The van der Waals surface area contributed by atoms with Gasteiger partial charge in [-0.25, -0.2) is 8.42 Å². The summed E-state index contributed by atoms with van der Waals surface area (Å²) in [5.41, 5.74) is 1.91. The number of fused-ring (bicyclic) bond motifs is 3. The molecule has 5 rings (SSSR count). The van der Waals surface area contributed by atoms with Crippen LogP contribution < -0.4 is 10.1 Å². The first-order chi connectivity index (χ1) is 15.9. The second-order valence-corrected chi connectivity index (χ2v) is 10.2. The fourth-order valence-electron chi connectivity index (χ4n) is 4.12. The molecule has 1 amide bonds. The summed E-state index contributed by atoms with van der Waals surface area (Å²) in [7, 11) is -2.26. The number of ether oxygens (including phenoxy) is 1. The summed E-state index contributed by atoms with van der Waals surface area (Å²) in [6, 6.07) is 15.4. The standard InChI is InChI=1S/C24H21ClN2O5S/c1-31-22-13-17-16-6-2-3-7-20(16)32-21(17)14-19(22)26-24(28)15-8-9-18(25)23(12-15)33(29,30)27-10-4-5-11-27/h2-3,6-9,12-14H,4-5,10-11H2,1H3,(H,26,28). The Labute approximate surface area is 195 Å². The summed E-state index contributed by atoms with van der Waals surface area (Å²) in [5, 5.41) is 4.70. The van der Waals surface area contributed by atoms with Crippen LogP contribution in [0, 0.1) is 0 Å². The van der Waals surface area contributed by atoms with E-state index in [-0.39, 0.29) is 15.5 Å². The molecule has 0 unspecified atom stereocenters. The van der Waals surface area contributed by atoms with E-state index in [9.17, 15) is 13.2 Å². The molecule has 1 aromatic heterocycles. The second-order valence-electron chi connectivity index (χ2n) is 7.86. The average molecular weight is 485 g/mol. The number of carbonyl (C=O) groups excluding carboxylic acids is 1. The number of rotatable bonds is 5. The Morgan fingerprint density at radius 1 is 1.03 bits per heavy atom. The molecule has 4 aromatic rings. The quantitative estimate of drug-likeness (QED) is 0.416. The van der Waals surface area contributed by atoms with Crippen LogP contribution >= 0.6 is 11.6 Å². The van der Waals surface area contributed by atoms with Gasteiger partial charge in [0.1, 0.15) is 21.8 Å². The lowest BCUT2D eigenvalue weighted by molar-refractivity contribution is 0.102. The van der Waals surface area contributed by atoms with Crippen LogP contribution in [0.1, 0.15) is 23.2 Å². The normalized spacial score (nSPS) is 14.7. The fraction of sp³-hybridized carbons (Fsp3) is 0.208. The lowest BCUT2D eigenvalue weighted by Gasteiger charge is -2.17. The number of methoxy groups -OCH3 is 1. The van der Waals surface area contributed by atoms with Crippen molar-refractivity contribution >= 4 is 55.2 Å². The van der Waals surface area contributed by atoms with E-state index in [1.54, 1.807) is 6.07 Å². The molecule has 2 heterocycles. The van der Waals surface area contributed by atoms with Crippen LogP contribution in [0.5, 0.6) is 5.75 Å². The number of nitrogens with zero attached hydrogens (tertiary/aromatic N) is 1. The molecule has 170 valence electrons. The number of nitrogens with one attached hydrogen (secondary N) is 1. The van der Waals surface area contributed by atoms with Gasteiger partial charge in [-0.2, -0.15) is 4.31 Å². The molecule has 9 heteroatoms. The highest BCUT2D eigenvalue weighted by molar-refractivity contribution is 7.89. The van der Waals surface area contributed by atoms with Crippen LogP contribution in [0.2, 0.25) is 5.02 Å². The molecular formula is C24H21ClN2O5S. The molecule has 1 saturated heterocycles. The van der Waals surface area contributed by atoms with Gasteiger partial charge in [-0.1, -0.05) is 29.8 Å². The number of furan rings is 1. The molecule has 0 aliphatic carbocycles. The zero-order valence-corrected chi connectivity index (χ0v) is 19.4. The van der Waals surface area contributed by atoms with Crippen LogP contribution in [0.15, 0.2) is 63.9 Å². The van der Waals surface area contributed by atoms with Crippen LogP contribution in [0.3, 0.4) is 0 Å². The second kappa shape index (κ2) is 8.37. The first kappa shape index (κ1) is 21.8. The molecule has 1 N–H and O–H groups in total. The van der Waals surface area contributed by atoms with E-state index in [2.05, 4.69) is 5.32 Å². The van der Waals surface area contributed by atoms with E-state index in [1.165, 1.54) is 29.6 Å². The van der Waals surface area contributed by atoms with Gasteiger partial charge in [0.25, 0.3) is 5.91 Å². The monoisotopic (exact) mass is 484 g/mol. The Morgan fingerprint density at radius 3 is 2.55 bits per heavy atom. The van der Waals surface area contributed by atoms with Crippen molar-refractivity contribution in [3.63, 3.8) is 0 Å². The highest BCUT2D eigenvalue weighted by Gasteiger charge is 2.30. The Balaban J connectivity index is 1.50. The Kier molecular flexibility index (Phi) is 5.52. The minimum atomic E-state index is -3.77. The zero-order valence-electron chi connectivity index (χ0n) is 17.8. The largest absolute Gasteiger partial charge is 0.495 e. The number of amides is 1. The Morgan fingerprint density at radius 2 is 1.79 bits per heavy atom. The van der Waals surface area contributed by atoms with Crippen molar-refractivity contribution < 1.29 is 22.4 Å². The maximum absolute atomic E-state index is 13.1. The average Bonchev–Trinajstić information content (AvgIpc) is 3.47. The van der Waals surface area contributed by atoms with Gasteiger partial charge in [-0.05, 0) is 43.2 Å². The minimum Gasteiger partial charge on any atom is -0.495 e. The Hall–Kier alpha value is -3.07. The lowest BCUT2D eigenvalue weighted by Crippen LogP contribution is -2.28. The van der Waals surface area contributed by atoms with E-state index >= 15 is 0 Å². The molecule has 0 spiro atoms. The predicted octanol–water partition coefficient (Wildman–Crippen LogP) is 5.28. The van der Waals surface area contributed by atoms with Crippen molar-refractivity contribution in [2.75, 3.05) is 25.5 Å². The molecule has 0 radical (unpaired) electrons. The SMILES string of the molecule is COc1cc2c(cc1NC(=O)c1ccc(Cl)c(S(=O)(=O)N3CCCC3)c1)oc1ccccc12. The van der Waals surface area contributed by atoms with Gasteiger partial charge >= 0.3 is 0 Å². The molecule has 1 aliphatic rings. The van der Waals surface area contributed by atoms with Crippen molar-refractivity contribution in [3.8, 4) is 5.75 Å². The van der Waals surface area contributed by atoms with Gasteiger partial charge in [0, 0.05) is 35.5 Å². The number of halogens is 1. The first-order valence-electron chi connectivity index (χ1n) is 10.5. The molecule has 0 saturated carbocycles. The summed E-state index contributed by atoms with van der Waals surface area (Å²) >= 11 is 6.21. The van der Waals surface area contributed by atoms with E-state index in [4.69, 9.17) is 20.8 Å².